The number of nitrogens with one attached hydrogen (secondary N) is 2. The quantitative estimate of drug-likeness (QED) is 0.860. The van der Waals surface area contributed by atoms with Crippen molar-refractivity contribution in [2.24, 2.45) is 0 Å². The van der Waals surface area contributed by atoms with Crippen LogP contribution in [0.2, 0.25) is 0 Å². The van der Waals surface area contributed by atoms with E-state index < -0.39 is 17.5 Å². The molecule has 2 aromatic rings. The number of nitrogens with zero attached hydrogens (tertiary/aromatic N) is 1. The minimum Gasteiger partial charge on any atom is -0.368 e. The van der Waals surface area contributed by atoms with Gasteiger partial charge in [-0.15, -0.1) is 0 Å². The van der Waals surface area contributed by atoms with Gasteiger partial charge in [-0.05, 0) is 25.5 Å². The van der Waals surface area contributed by atoms with Gasteiger partial charge < -0.3 is 10.6 Å². The third-order valence-electron chi connectivity index (χ3n) is 2.99. The molecule has 0 aliphatic rings. The first-order valence-electron chi connectivity index (χ1n) is 6.65. The highest BCUT2D eigenvalue weighted by molar-refractivity contribution is 5.62. The van der Waals surface area contributed by atoms with Gasteiger partial charge in [0.2, 0.25) is 0 Å². The number of anilines is 3. The number of benzene rings is 1. The summed E-state index contributed by atoms with van der Waals surface area (Å²) >= 11 is 0. The molecular weight excluding hydrogens is 279 g/mol. The standard InChI is InChI=1S/C15H16F3N3/c1-3-7-19-14-11(17)8-12(18)15(21-14)20-13-6-4-5-10(16)9(13)2/h4-6,8H,3,7H2,1-2H3,(H2,19,20,21). The highest BCUT2D eigenvalue weighted by Crippen LogP contribution is 2.25. The molecule has 0 bridgehead atoms. The summed E-state index contributed by atoms with van der Waals surface area (Å²) < 4.78 is 40.8. The summed E-state index contributed by atoms with van der Waals surface area (Å²) in [6.45, 7) is 4.01. The van der Waals surface area contributed by atoms with Gasteiger partial charge in [-0.25, -0.2) is 18.2 Å². The monoisotopic (exact) mass is 295 g/mol. The molecule has 0 spiro atoms. The summed E-state index contributed by atoms with van der Waals surface area (Å²) in [6.07, 6.45) is 0.782. The molecule has 0 atom stereocenters. The Morgan fingerprint density at radius 1 is 1.05 bits per heavy atom. The van der Waals surface area contributed by atoms with Gasteiger partial charge in [0.1, 0.15) is 5.82 Å². The molecule has 3 nitrogen and oxygen atoms in total. The molecule has 0 radical (unpaired) electrons. The molecule has 0 fully saturated rings. The summed E-state index contributed by atoms with van der Waals surface area (Å²) in [5.41, 5.74) is 0.723. The van der Waals surface area contributed by atoms with E-state index in [4.69, 9.17) is 0 Å². The lowest BCUT2D eigenvalue weighted by molar-refractivity contribution is 0.579. The molecule has 0 amide bonds. The van der Waals surface area contributed by atoms with E-state index in [-0.39, 0.29) is 11.6 Å². The normalized spacial score (nSPS) is 10.5. The zero-order valence-corrected chi connectivity index (χ0v) is 11.8. The first kappa shape index (κ1) is 15.2. The second-order valence-corrected chi connectivity index (χ2v) is 4.61. The molecule has 0 aliphatic carbocycles. The van der Waals surface area contributed by atoms with E-state index >= 15 is 0 Å². The fraction of sp³-hybridized carbons (Fsp3) is 0.267. The molecule has 0 aliphatic heterocycles. The second kappa shape index (κ2) is 6.47. The largest absolute Gasteiger partial charge is 0.368 e. The van der Waals surface area contributed by atoms with Gasteiger partial charge >= 0.3 is 0 Å². The lowest BCUT2D eigenvalue weighted by atomic mass is 10.2. The highest BCUT2D eigenvalue weighted by atomic mass is 19.1. The predicted molar refractivity (Wildman–Crippen MR) is 77.4 cm³/mol. The van der Waals surface area contributed by atoms with Crippen LogP contribution >= 0.6 is 0 Å². The predicted octanol–water partition coefficient (Wildman–Crippen LogP) is 4.37. The number of hydrogen-bond acceptors (Lipinski definition) is 3. The zero-order valence-electron chi connectivity index (χ0n) is 11.8. The van der Waals surface area contributed by atoms with Crippen LogP contribution in [0.15, 0.2) is 24.3 Å². The lowest BCUT2D eigenvalue weighted by Crippen LogP contribution is -2.08. The summed E-state index contributed by atoms with van der Waals surface area (Å²) in [6, 6.07) is 5.16. The summed E-state index contributed by atoms with van der Waals surface area (Å²) in [5, 5.41) is 5.47. The van der Waals surface area contributed by atoms with Crippen molar-refractivity contribution in [1.82, 2.24) is 4.98 Å². The van der Waals surface area contributed by atoms with E-state index in [1.807, 2.05) is 6.92 Å². The van der Waals surface area contributed by atoms with E-state index in [1.54, 1.807) is 13.0 Å². The van der Waals surface area contributed by atoms with Crippen LogP contribution in [-0.4, -0.2) is 11.5 Å². The first-order valence-corrected chi connectivity index (χ1v) is 6.65. The van der Waals surface area contributed by atoms with Crippen LogP contribution in [0.5, 0.6) is 0 Å². The first-order chi connectivity index (χ1) is 10.0. The minimum atomic E-state index is -0.835. The highest BCUT2D eigenvalue weighted by Gasteiger charge is 2.13. The Morgan fingerprint density at radius 2 is 1.76 bits per heavy atom. The minimum absolute atomic E-state index is 0.0326. The molecule has 1 aromatic carbocycles. The molecule has 0 saturated carbocycles. The summed E-state index contributed by atoms with van der Waals surface area (Å²) in [5.74, 6) is -2.19. The number of aromatic nitrogens is 1. The molecular formula is C15H16F3N3. The van der Waals surface area contributed by atoms with Crippen molar-refractivity contribution in [2.45, 2.75) is 20.3 Å². The van der Waals surface area contributed by atoms with E-state index in [2.05, 4.69) is 15.6 Å². The van der Waals surface area contributed by atoms with Crippen molar-refractivity contribution in [3.8, 4) is 0 Å². The van der Waals surface area contributed by atoms with Crippen molar-refractivity contribution in [1.29, 1.82) is 0 Å². The van der Waals surface area contributed by atoms with Crippen LogP contribution in [-0.2, 0) is 0 Å². The van der Waals surface area contributed by atoms with Crippen molar-refractivity contribution in [3.05, 3.63) is 47.3 Å². The topological polar surface area (TPSA) is 37.0 Å². The second-order valence-electron chi connectivity index (χ2n) is 4.61. The maximum absolute atomic E-state index is 13.8. The third-order valence-corrected chi connectivity index (χ3v) is 2.99. The van der Waals surface area contributed by atoms with Gasteiger partial charge in [0, 0.05) is 23.9 Å². The van der Waals surface area contributed by atoms with Crippen molar-refractivity contribution in [3.63, 3.8) is 0 Å². The fourth-order valence-electron chi connectivity index (χ4n) is 1.79. The lowest BCUT2D eigenvalue weighted by Gasteiger charge is -2.12. The Bertz CT molecular complexity index is 644. The zero-order chi connectivity index (χ0) is 15.4. The van der Waals surface area contributed by atoms with Crippen LogP contribution in [0, 0.1) is 24.4 Å². The fourth-order valence-corrected chi connectivity index (χ4v) is 1.79. The Labute approximate surface area is 121 Å². The Morgan fingerprint density at radius 3 is 2.48 bits per heavy atom. The SMILES string of the molecule is CCCNc1nc(Nc2cccc(F)c2C)c(F)cc1F. The van der Waals surface area contributed by atoms with Crippen molar-refractivity contribution in [2.75, 3.05) is 17.2 Å². The molecule has 0 saturated heterocycles. The average molecular weight is 295 g/mol. The number of rotatable bonds is 5. The maximum Gasteiger partial charge on any atom is 0.169 e. The molecule has 1 aromatic heterocycles. The van der Waals surface area contributed by atoms with Crippen molar-refractivity contribution >= 4 is 17.3 Å². The summed E-state index contributed by atoms with van der Waals surface area (Å²) in [7, 11) is 0. The maximum atomic E-state index is 13.8. The van der Waals surface area contributed by atoms with Crippen LogP contribution in [0.1, 0.15) is 18.9 Å². The Balaban J connectivity index is 2.33. The van der Waals surface area contributed by atoms with Gasteiger partial charge in [0.15, 0.2) is 23.3 Å². The van der Waals surface area contributed by atoms with E-state index in [9.17, 15) is 13.2 Å². The van der Waals surface area contributed by atoms with Gasteiger partial charge in [-0.3, -0.25) is 0 Å². The Hall–Kier alpha value is -2.24. The molecule has 0 unspecified atom stereocenters. The van der Waals surface area contributed by atoms with Crippen LogP contribution in [0.4, 0.5) is 30.5 Å². The van der Waals surface area contributed by atoms with Gasteiger partial charge in [0.25, 0.3) is 0 Å². The smallest absolute Gasteiger partial charge is 0.169 e. The molecule has 21 heavy (non-hydrogen) atoms. The third kappa shape index (κ3) is 3.45. The Kier molecular flexibility index (Phi) is 4.67. The molecule has 112 valence electrons. The van der Waals surface area contributed by atoms with Crippen molar-refractivity contribution < 1.29 is 13.2 Å². The number of halogens is 3. The van der Waals surface area contributed by atoms with E-state index in [0.29, 0.717) is 17.8 Å². The molecule has 6 heteroatoms. The van der Waals surface area contributed by atoms with E-state index in [0.717, 1.165) is 12.5 Å². The van der Waals surface area contributed by atoms with Crippen LogP contribution in [0.25, 0.3) is 0 Å². The molecule has 2 N–H and O–H groups in total. The average Bonchev–Trinajstić information content (AvgIpc) is 2.45. The molecule has 1 heterocycles. The van der Waals surface area contributed by atoms with Gasteiger partial charge in [0.05, 0.1) is 0 Å². The van der Waals surface area contributed by atoms with Crippen LogP contribution < -0.4 is 10.6 Å². The number of hydrogen-bond donors (Lipinski definition) is 2. The van der Waals surface area contributed by atoms with E-state index in [1.165, 1.54) is 12.1 Å². The number of pyridine rings is 1. The van der Waals surface area contributed by atoms with Gasteiger partial charge in [-0.2, -0.15) is 0 Å². The molecule has 2 rings (SSSR count). The van der Waals surface area contributed by atoms with Gasteiger partial charge in [-0.1, -0.05) is 13.0 Å². The van der Waals surface area contributed by atoms with Crippen LogP contribution in [0.3, 0.4) is 0 Å². The summed E-state index contributed by atoms with van der Waals surface area (Å²) in [4.78, 5) is 3.88.